The molecule has 5 aliphatic rings. The minimum absolute atomic E-state index is 0.0264. The highest BCUT2D eigenvalue weighted by Gasteiger charge is 2.69. The molecule has 5 rings (SSSR count). The molecule has 4 fully saturated rings. The summed E-state index contributed by atoms with van der Waals surface area (Å²) in [5.41, 5.74) is 1.72. The number of rotatable bonds is 1. The smallest absolute Gasteiger partial charge is 0.0662 e. The van der Waals surface area contributed by atoms with Gasteiger partial charge in [-0.1, -0.05) is 60.1 Å². The number of hydrogen-bond acceptors (Lipinski definition) is 3. The van der Waals surface area contributed by atoms with E-state index in [1.807, 2.05) is 0 Å². The van der Waals surface area contributed by atoms with Crippen LogP contribution in [0.25, 0.3) is 0 Å². The Morgan fingerprint density at radius 1 is 0.818 bits per heavy atom. The van der Waals surface area contributed by atoms with Crippen molar-refractivity contribution in [1.82, 2.24) is 0 Å². The topological polar surface area (TPSA) is 60.7 Å². The fourth-order valence-electron chi connectivity index (χ4n) is 10.6. The Bertz CT molecular complexity index is 843. The molecule has 3 heteroatoms. The molecular weight excluding hydrogens is 408 g/mol. The zero-order valence-electron chi connectivity index (χ0n) is 22.4. The molecule has 0 aromatic carbocycles. The van der Waals surface area contributed by atoms with E-state index in [-0.39, 0.29) is 57.2 Å². The van der Waals surface area contributed by atoms with Gasteiger partial charge >= 0.3 is 0 Å². The summed E-state index contributed by atoms with van der Waals surface area (Å²) in [6.45, 7) is 16.9. The van der Waals surface area contributed by atoms with E-state index in [4.69, 9.17) is 0 Å². The normalized spacial score (nSPS) is 54.8. The first-order valence-corrected chi connectivity index (χ1v) is 13.9. The summed E-state index contributed by atoms with van der Waals surface area (Å²) in [6.07, 6.45) is 11.7. The third-order valence-electron chi connectivity index (χ3n) is 13.3. The molecule has 33 heavy (non-hydrogen) atoms. The van der Waals surface area contributed by atoms with E-state index in [9.17, 15) is 15.3 Å². The number of aliphatic hydroxyl groups is 3. The highest BCUT2D eigenvalue weighted by atomic mass is 16.3. The summed E-state index contributed by atoms with van der Waals surface area (Å²) >= 11 is 0. The van der Waals surface area contributed by atoms with Crippen LogP contribution in [0.1, 0.15) is 106 Å². The van der Waals surface area contributed by atoms with Gasteiger partial charge in [0.05, 0.1) is 12.2 Å². The number of hydrogen-bond donors (Lipinski definition) is 3. The molecule has 0 saturated heterocycles. The fraction of sp³-hybridized carbons (Fsp3) is 0.933. The molecule has 4 saturated carbocycles. The summed E-state index contributed by atoms with van der Waals surface area (Å²) in [5, 5.41) is 33.3. The third-order valence-corrected chi connectivity index (χ3v) is 13.3. The summed E-state index contributed by atoms with van der Waals surface area (Å²) in [5.74, 6) is 1.25. The minimum Gasteiger partial charge on any atom is -0.396 e. The van der Waals surface area contributed by atoms with Gasteiger partial charge in [-0.05, 0) is 96.7 Å². The van der Waals surface area contributed by atoms with Crippen LogP contribution in [-0.4, -0.2) is 34.1 Å². The maximum Gasteiger partial charge on any atom is 0.0662 e. The van der Waals surface area contributed by atoms with E-state index in [1.54, 1.807) is 0 Å². The van der Waals surface area contributed by atoms with Gasteiger partial charge in [-0.25, -0.2) is 0 Å². The van der Waals surface area contributed by atoms with E-state index < -0.39 is 0 Å². The molecule has 188 valence electrons. The zero-order valence-corrected chi connectivity index (χ0v) is 22.4. The van der Waals surface area contributed by atoms with Gasteiger partial charge in [0.2, 0.25) is 0 Å². The Morgan fingerprint density at radius 2 is 1.48 bits per heavy atom. The predicted octanol–water partition coefficient (Wildman–Crippen LogP) is 6.11. The van der Waals surface area contributed by atoms with Crippen LogP contribution in [0, 0.1) is 50.2 Å². The largest absolute Gasteiger partial charge is 0.396 e. The third kappa shape index (κ3) is 2.85. The van der Waals surface area contributed by atoms with Crippen LogP contribution in [-0.2, 0) is 0 Å². The molecule has 0 amide bonds. The van der Waals surface area contributed by atoms with Gasteiger partial charge in [0.25, 0.3) is 0 Å². The average molecular weight is 459 g/mol. The van der Waals surface area contributed by atoms with Crippen LogP contribution >= 0.6 is 0 Å². The van der Waals surface area contributed by atoms with Crippen molar-refractivity contribution in [2.45, 2.75) is 118 Å². The van der Waals surface area contributed by atoms with Crippen LogP contribution in [0.15, 0.2) is 11.6 Å². The first kappa shape index (κ1) is 24.3. The van der Waals surface area contributed by atoms with Crippen molar-refractivity contribution in [3.63, 3.8) is 0 Å². The first-order chi connectivity index (χ1) is 15.2. The maximum atomic E-state index is 11.7. The van der Waals surface area contributed by atoms with Gasteiger partial charge in [-0.15, -0.1) is 0 Å². The van der Waals surface area contributed by atoms with Crippen LogP contribution in [0.3, 0.4) is 0 Å². The minimum atomic E-state index is -0.389. The molecule has 0 bridgehead atoms. The Balaban J connectivity index is 1.60. The van der Waals surface area contributed by atoms with Gasteiger partial charge in [-0.2, -0.15) is 0 Å². The summed E-state index contributed by atoms with van der Waals surface area (Å²) in [6, 6.07) is 0. The van der Waals surface area contributed by atoms with E-state index in [0.717, 1.165) is 44.9 Å². The van der Waals surface area contributed by atoms with E-state index >= 15 is 0 Å². The second-order valence-corrected chi connectivity index (χ2v) is 15.1. The van der Waals surface area contributed by atoms with Crippen molar-refractivity contribution in [3.05, 3.63) is 11.6 Å². The van der Waals surface area contributed by atoms with Gasteiger partial charge < -0.3 is 15.3 Å². The highest BCUT2D eigenvalue weighted by molar-refractivity contribution is 5.35. The van der Waals surface area contributed by atoms with Crippen molar-refractivity contribution >= 4 is 0 Å². The van der Waals surface area contributed by atoms with E-state index in [0.29, 0.717) is 11.8 Å². The lowest BCUT2D eigenvalue weighted by molar-refractivity contribution is -0.211. The molecule has 0 aromatic rings. The first-order valence-electron chi connectivity index (χ1n) is 13.9. The highest BCUT2D eigenvalue weighted by Crippen LogP contribution is 2.75. The van der Waals surface area contributed by atoms with Gasteiger partial charge in [0.1, 0.15) is 0 Å². The SMILES string of the molecule is CC1(C)CC[C@]2(CO)CC[C@]3(C)C(=CC[C@H]4[C@@]5(C)CC[C@H](O)C(C)(C)[C@H]5CC[C@]43C)[C@@H]2[C@@H]1O. The predicted molar refractivity (Wildman–Crippen MR) is 134 cm³/mol. The summed E-state index contributed by atoms with van der Waals surface area (Å²) < 4.78 is 0. The average Bonchev–Trinajstić information content (AvgIpc) is 2.74. The lowest BCUT2D eigenvalue weighted by Gasteiger charge is -2.71. The Morgan fingerprint density at radius 3 is 2.15 bits per heavy atom. The summed E-state index contributed by atoms with van der Waals surface area (Å²) in [7, 11) is 0. The molecule has 0 aromatic heterocycles. The molecule has 0 radical (unpaired) electrons. The second kappa shape index (κ2) is 7.10. The van der Waals surface area contributed by atoms with Crippen molar-refractivity contribution in [3.8, 4) is 0 Å². The molecule has 3 N–H and O–H groups in total. The van der Waals surface area contributed by atoms with Crippen LogP contribution < -0.4 is 0 Å². The lowest BCUT2D eigenvalue weighted by atomic mass is 9.33. The molecular formula is C30H50O3. The van der Waals surface area contributed by atoms with Gasteiger partial charge in [-0.3, -0.25) is 0 Å². The van der Waals surface area contributed by atoms with Crippen molar-refractivity contribution in [2.24, 2.45) is 50.2 Å². The monoisotopic (exact) mass is 458 g/mol. The molecule has 0 spiro atoms. The van der Waals surface area contributed by atoms with E-state index in [2.05, 4.69) is 54.5 Å². The number of aliphatic hydroxyl groups excluding tert-OH is 3. The van der Waals surface area contributed by atoms with Crippen LogP contribution in [0.5, 0.6) is 0 Å². The number of fused-ring (bicyclic) bond motifs is 7. The van der Waals surface area contributed by atoms with Gasteiger partial charge in [0, 0.05) is 17.9 Å². The van der Waals surface area contributed by atoms with Crippen LogP contribution in [0.4, 0.5) is 0 Å². The molecule has 9 atom stereocenters. The lowest BCUT2D eigenvalue weighted by Crippen LogP contribution is -2.66. The standard InChI is InChI=1S/C30H50O3/c1-25(2)14-16-30(18-31)17-15-28(6)19(23(30)24(25)33)8-9-21-27(5)12-11-22(32)26(3,4)20(27)10-13-29(21,28)7/h8,20-24,31-33H,9-18H2,1-7H3/t20-,21+,22+,23-,24+,27+,28-,29-,30-/m1/s1. The molecule has 5 aliphatic carbocycles. The second-order valence-electron chi connectivity index (χ2n) is 15.1. The fourth-order valence-corrected chi connectivity index (χ4v) is 10.6. The van der Waals surface area contributed by atoms with Gasteiger partial charge in [0.15, 0.2) is 0 Å². The Labute approximate surface area is 202 Å². The van der Waals surface area contributed by atoms with E-state index in [1.165, 1.54) is 18.4 Å². The van der Waals surface area contributed by atoms with Crippen LogP contribution in [0.2, 0.25) is 0 Å². The molecule has 0 aliphatic heterocycles. The Hall–Kier alpha value is -0.380. The summed E-state index contributed by atoms with van der Waals surface area (Å²) in [4.78, 5) is 0. The quantitative estimate of drug-likeness (QED) is 0.415. The molecule has 0 unspecified atom stereocenters. The zero-order chi connectivity index (χ0) is 24.2. The van der Waals surface area contributed by atoms with Crippen molar-refractivity contribution in [1.29, 1.82) is 0 Å². The van der Waals surface area contributed by atoms with Crippen molar-refractivity contribution in [2.75, 3.05) is 6.61 Å². The van der Waals surface area contributed by atoms with Crippen molar-refractivity contribution < 1.29 is 15.3 Å². The number of allylic oxidation sites excluding steroid dienone is 1. The molecule has 3 nitrogen and oxygen atoms in total. The maximum absolute atomic E-state index is 11.7. The molecule has 0 heterocycles. The Kier molecular flexibility index (Phi) is 5.23.